The second kappa shape index (κ2) is 6.19. The van der Waals surface area contributed by atoms with Gasteiger partial charge in [-0.1, -0.05) is 33.1 Å². The Morgan fingerprint density at radius 2 is 1.59 bits per heavy atom. The van der Waals surface area contributed by atoms with E-state index in [1.165, 1.54) is 51.4 Å². The topological polar surface area (TPSA) is 38.0 Å². The normalized spacial score (nSPS) is 32.5. The highest BCUT2D eigenvalue weighted by molar-refractivity contribution is 4.85. The van der Waals surface area contributed by atoms with Crippen LogP contribution in [-0.2, 0) is 0 Å². The smallest absolute Gasteiger partial charge is 0.0241 e. The van der Waals surface area contributed by atoms with Gasteiger partial charge in [0.2, 0.25) is 0 Å². The van der Waals surface area contributed by atoms with Gasteiger partial charge in [0.15, 0.2) is 0 Å². The van der Waals surface area contributed by atoms with E-state index in [0.717, 1.165) is 23.7 Å². The minimum atomic E-state index is 0.591. The van der Waals surface area contributed by atoms with Crippen LogP contribution >= 0.6 is 0 Å². The van der Waals surface area contributed by atoms with Gasteiger partial charge in [-0.15, -0.1) is 0 Å². The van der Waals surface area contributed by atoms with Gasteiger partial charge >= 0.3 is 0 Å². The highest BCUT2D eigenvalue weighted by atomic mass is 15.2. The molecule has 0 heterocycles. The van der Waals surface area contributed by atoms with Crippen molar-refractivity contribution in [2.75, 3.05) is 0 Å². The molecule has 0 saturated heterocycles. The van der Waals surface area contributed by atoms with E-state index in [4.69, 9.17) is 5.84 Å². The molecular formula is C15H30N2. The van der Waals surface area contributed by atoms with Crippen LogP contribution in [0.15, 0.2) is 0 Å². The number of rotatable bonds is 5. The van der Waals surface area contributed by atoms with Crippen LogP contribution in [0.4, 0.5) is 0 Å². The van der Waals surface area contributed by atoms with Crippen molar-refractivity contribution in [3.05, 3.63) is 0 Å². The first kappa shape index (κ1) is 13.4. The second-order valence-corrected chi connectivity index (χ2v) is 6.72. The molecule has 0 aromatic carbocycles. The van der Waals surface area contributed by atoms with E-state index in [2.05, 4.69) is 19.3 Å². The average Bonchev–Trinajstić information content (AvgIpc) is 2.28. The third kappa shape index (κ3) is 3.45. The van der Waals surface area contributed by atoms with Crippen molar-refractivity contribution in [2.24, 2.45) is 29.5 Å². The van der Waals surface area contributed by atoms with E-state index in [0.29, 0.717) is 6.04 Å². The highest BCUT2D eigenvalue weighted by Crippen LogP contribution is 2.38. The number of nitrogens with one attached hydrogen (secondary N) is 1. The van der Waals surface area contributed by atoms with E-state index >= 15 is 0 Å². The van der Waals surface area contributed by atoms with E-state index < -0.39 is 0 Å². The molecule has 1 atom stereocenters. The second-order valence-electron chi connectivity index (χ2n) is 6.72. The summed E-state index contributed by atoms with van der Waals surface area (Å²) < 4.78 is 0. The van der Waals surface area contributed by atoms with E-state index in [1.807, 2.05) is 0 Å². The van der Waals surface area contributed by atoms with Gasteiger partial charge in [0.25, 0.3) is 0 Å². The summed E-state index contributed by atoms with van der Waals surface area (Å²) in [4.78, 5) is 0. The summed E-state index contributed by atoms with van der Waals surface area (Å²) in [7, 11) is 0. The molecule has 2 saturated carbocycles. The van der Waals surface area contributed by atoms with Gasteiger partial charge in [0, 0.05) is 6.04 Å². The first-order valence-electron chi connectivity index (χ1n) is 7.66. The van der Waals surface area contributed by atoms with Crippen molar-refractivity contribution in [1.82, 2.24) is 5.43 Å². The molecule has 0 bridgehead atoms. The van der Waals surface area contributed by atoms with Gasteiger partial charge < -0.3 is 0 Å². The van der Waals surface area contributed by atoms with Crippen LogP contribution in [-0.4, -0.2) is 6.04 Å². The molecule has 17 heavy (non-hydrogen) atoms. The van der Waals surface area contributed by atoms with Gasteiger partial charge in [-0.2, -0.15) is 0 Å². The molecule has 0 aliphatic heterocycles. The molecule has 2 rings (SSSR count). The van der Waals surface area contributed by atoms with Crippen molar-refractivity contribution in [3.8, 4) is 0 Å². The number of hydrogen-bond donors (Lipinski definition) is 2. The number of nitrogens with two attached hydrogens (primary N) is 1. The Morgan fingerprint density at radius 1 is 1.00 bits per heavy atom. The Kier molecular flexibility index (Phi) is 4.87. The first-order valence-corrected chi connectivity index (χ1v) is 7.66. The molecule has 0 aromatic rings. The fourth-order valence-electron chi connectivity index (χ4n) is 3.70. The lowest BCUT2D eigenvalue weighted by Gasteiger charge is -2.38. The molecule has 2 nitrogen and oxygen atoms in total. The van der Waals surface area contributed by atoms with Crippen molar-refractivity contribution in [3.63, 3.8) is 0 Å². The quantitative estimate of drug-likeness (QED) is 0.568. The predicted molar refractivity (Wildman–Crippen MR) is 73.4 cm³/mol. The lowest BCUT2D eigenvalue weighted by Crippen LogP contribution is -2.44. The van der Waals surface area contributed by atoms with Crippen LogP contribution in [0.2, 0.25) is 0 Å². The zero-order valence-electron chi connectivity index (χ0n) is 11.6. The molecule has 0 spiro atoms. The SMILES string of the molecule is CC(C)C1CCC(C(CC2CCC2)NN)CC1. The average molecular weight is 238 g/mol. The lowest BCUT2D eigenvalue weighted by atomic mass is 9.71. The maximum atomic E-state index is 5.78. The first-order chi connectivity index (χ1) is 8.20. The fourth-order valence-corrected chi connectivity index (χ4v) is 3.70. The van der Waals surface area contributed by atoms with Crippen LogP contribution < -0.4 is 11.3 Å². The minimum absolute atomic E-state index is 0.591. The Hall–Kier alpha value is -0.0800. The Balaban J connectivity index is 1.76. The lowest BCUT2D eigenvalue weighted by molar-refractivity contribution is 0.157. The van der Waals surface area contributed by atoms with Crippen LogP contribution in [0, 0.1) is 23.7 Å². The number of hydrazine groups is 1. The molecule has 2 aliphatic rings. The molecule has 3 N–H and O–H groups in total. The molecule has 1 unspecified atom stereocenters. The summed E-state index contributed by atoms with van der Waals surface area (Å²) in [5.41, 5.74) is 3.11. The van der Waals surface area contributed by atoms with Crippen molar-refractivity contribution in [2.45, 2.75) is 71.3 Å². The Morgan fingerprint density at radius 3 is 2.00 bits per heavy atom. The zero-order valence-corrected chi connectivity index (χ0v) is 11.6. The maximum absolute atomic E-state index is 5.78. The summed E-state index contributed by atoms with van der Waals surface area (Å²) >= 11 is 0. The zero-order chi connectivity index (χ0) is 12.3. The molecule has 2 fully saturated rings. The summed E-state index contributed by atoms with van der Waals surface area (Å²) in [6.07, 6.45) is 11.3. The largest absolute Gasteiger partial charge is 0.271 e. The van der Waals surface area contributed by atoms with E-state index in [-0.39, 0.29) is 0 Å². The number of hydrogen-bond acceptors (Lipinski definition) is 2. The van der Waals surface area contributed by atoms with Crippen LogP contribution in [0.25, 0.3) is 0 Å². The van der Waals surface area contributed by atoms with Crippen LogP contribution in [0.3, 0.4) is 0 Å². The Bertz CT molecular complexity index is 215. The summed E-state index contributed by atoms with van der Waals surface area (Å²) in [6, 6.07) is 0.591. The third-order valence-corrected chi connectivity index (χ3v) is 5.35. The van der Waals surface area contributed by atoms with Crippen molar-refractivity contribution < 1.29 is 0 Å². The molecule has 100 valence electrons. The molecule has 0 radical (unpaired) electrons. The standard InChI is InChI=1S/C15H30N2/c1-11(2)13-6-8-14(9-7-13)15(17-16)10-12-4-3-5-12/h11-15,17H,3-10,16H2,1-2H3. The molecule has 2 aliphatic carbocycles. The van der Waals surface area contributed by atoms with Crippen molar-refractivity contribution in [1.29, 1.82) is 0 Å². The monoisotopic (exact) mass is 238 g/mol. The van der Waals surface area contributed by atoms with Gasteiger partial charge in [0.05, 0.1) is 0 Å². The molecule has 2 heteroatoms. The maximum Gasteiger partial charge on any atom is 0.0241 e. The van der Waals surface area contributed by atoms with Gasteiger partial charge in [0.1, 0.15) is 0 Å². The highest BCUT2D eigenvalue weighted by Gasteiger charge is 2.30. The molecule has 0 amide bonds. The molecule has 0 aromatic heterocycles. The van der Waals surface area contributed by atoms with E-state index in [1.54, 1.807) is 0 Å². The molecular weight excluding hydrogens is 208 g/mol. The summed E-state index contributed by atoms with van der Waals surface area (Å²) in [6.45, 7) is 4.75. The Labute approximate surface area is 107 Å². The van der Waals surface area contributed by atoms with Crippen LogP contribution in [0.5, 0.6) is 0 Å². The van der Waals surface area contributed by atoms with Gasteiger partial charge in [-0.05, 0) is 55.8 Å². The van der Waals surface area contributed by atoms with Gasteiger partial charge in [-0.25, -0.2) is 0 Å². The summed E-state index contributed by atoms with van der Waals surface area (Å²) in [5, 5.41) is 0. The van der Waals surface area contributed by atoms with E-state index in [9.17, 15) is 0 Å². The fraction of sp³-hybridized carbons (Fsp3) is 1.00. The van der Waals surface area contributed by atoms with Crippen molar-refractivity contribution >= 4 is 0 Å². The minimum Gasteiger partial charge on any atom is -0.271 e. The predicted octanol–water partition coefficient (Wildman–Crippen LogP) is 3.47. The van der Waals surface area contributed by atoms with Gasteiger partial charge in [-0.3, -0.25) is 11.3 Å². The van der Waals surface area contributed by atoms with Crippen LogP contribution in [0.1, 0.15) is 65.2 Å². The summed E-state index contributed by atoms with van der Waals surface area (Å²) in [5.74, 6) is 9.42. The third-order valence-electron chi connectivity index (χ3n) is 5.35.